The molecule has 5 nitrogen and oxygen atoms in total. The fourth-order valence-electron chi connectivity index (χ4n) is 4.90. The maximum absolute atomic E-state index is 14.9. The summed E-state index contributed by atoms with van der Waals surface area (Å²) >= 11 is 0. The van der Waals surface area contributed by atoms with Crippen molar-refractivity contribution in [3.05, 3.63) is 133 Å². The van der Waals surface area contributed by atoms with Crippen LogP contribution in [0.5, 0.6) is 17.2 Å². The van der Waals surface area contributed by atoms with Gasteiger partial charge in [0, 0.05) is 17.7 Å². The molecule has 0 amide bonds. The third kappa shape index (κ3) is 4.95. The Labute approximate surface area is 232 Å². The quantitative estimate of drug-likeness (QED) is 0.114. The number of carbonyl (C=O) groups excluding carboxylic acids is 1. The third-order valence-corrected chi connectivity index (χ3v) is 8.39. The highest BCUT2D eigenvalue weighted by molar-refractivity contribution is 7.63. The van der Waals surface area contributed by atoms with Gasteiger partial charge in [0.15, 0.2) is 0 Å². The second kappa shape index (κ2) is 10.7. The van der Waals surface area contributed by atoms with Gasteiger partial charge in [0.2, 0.25) is 0 Å². The number of hydrogen-bond acceptors (Lipinski definition) is 5. The lowest BCUT2D eigenvalue weighted by molar-refractivity contribution is -0.131. The molecule has 6 aromatic carbocycles. The molecule has 0 spiro atoms. The largest absolute Gasteiger partial charge is 0.463 e. The van der Waals surface area contributed by atoms with E-state index in [1.165, 1.54) is 6.92 Å². The Morgan fingerprint density at radius 3 is 1.57 bits per heavy atom. The second-order valence-electron chi connectivity index (χ2n) is 9.24. The molecular formula is C34H25O5P. The van der Waals surface area contributed by atoms with Crippen LogP contribution in [0.15, 0.2) is 133 Å². The van der Waals surface area contributed by atoms with Crippen molar-refractivity contribution in [1.82, 2.24) is 0 Å². The van der Waals surface area contributed by atoms with E-state index in [-0.39, 0.29) is 0 Å². The molecule has 0 saturated heterocycles. The Kier molecular flexibility index (Phi) is 6.81. The number of para-hydroxylation sites is 2. The number of benzene rings is 6. The van der Waals surface area contributed by atoms with Gasteiger partial charge in [-0.05, 0) is 58.3 Å². The van der Waals surface area contributed by atoms with Crippen molar-refractivity contribution in [3.63, 3.8) is 0 Å². The zero-order chi connectivity index (χ0) is 27.5. The Hall–Kier alpha value is -4.86. The standard InChI is InChI=1S/C34H25O5P/c1-24(35)37-31-22-10-14-25-12-8-20-29(33(25)31)30-21-9-13-26-15-11-23-32(34(26)30)40(36,38-27-16-4-2-5-17-27)39-28-18-6-3-7-19-28/h2-23H,1H3. The Morgan fingerprint density at radius 2 is 1.02 bits per heavy atom. The Bertz CT molecular complexity index is 1830. The van der Waals surface area contributed by atoms with Crippen LogP contribution in [0.2, 0.25) is 0 Å². The predicted octanol–water partition coefficient (Wildman–Crippen LogP) is 8.56. The maximum Gasteiger partial charge on any atom is 0.463 e. The molecule has 6 heteroatoms. The molecule has 196 valence electrons. The van der Waals surface area contributed by atoms with Gasteiger partial charge >= 0.3 is 13.6 Å². The summed E-state index contributed by atoms with van der Waals surface area (Å²) in [5.41, 5.74) is 1.64. The van der Waals surface area contributed by atoms with Crippen molar-refractivity contribution >= 4 is 40.4 Å². The molecule has 0 bridgehead atoms. The molecule has 6 aromatic rings. The van der Waals surface area contributed by atoms with Crippen LogP contribution in [-0.4, -0.2) is 5.97 Å². The van der Waals surface area contributed by atoms with E-state index < -0.39 is 13.6 Å². The average Bonchev–Trinajstić information content (AvgIpc) is 2.97. The Morgan fingerprint density at radius 1 is 0.550 bits per heavy atom. The van der Waals surface area contributed by atoms with Crippen LogP contribution in [0.1, 0.15) is 6.92 Å². The molecule has 6 rings (SSSR count). The van der Waals surface area contributed by atoms with Crippen molar-refractivity contribution in [1.29, 1.82) is 0 Å². The van der Waals surface area contributed by atoms with E-state index >= 15 is 0 Å². The number of fused-ring (bicyclic) bond motifs is 2. The van der Waals surface area contributed by atoms with Gasteiger partial charge in [0.1, 0.15) is 17.2 Å². The van der Waals surface area contributed by atoms with Crippen molar-refractivity contribution in [2.45, 2.75) is 6.92 Å². The molecule has 0 fully saturated rings. The molecule has 0 aliphatic rings. The highest BCUT2D eigenvalue weighted by Crippen LogP contribution is 2.50. The molecule has 0 unspecified atom stereocenters. The first-order valence-electron chi connectivity index (χ1n) is 12.8. The van der Waals surface area contributed by atoms with E-state index in [1.54, 1.807) is 36.4 Å². The van der Waals surface area contributed by atoms with Crippen LogP contribution >= 0.6 is 7.60 Å². The summed E-state index contributed by atoms with van der Waals surface area (Å²) in [5.74, 6) is 0.911. The molecular weight excluding hydrogens is 519 g/mol. The minimum Gasteiger partial charge on any atom is -0.426 e. The molecule has 0 heterocycles. The average molecular weight is 545 g/mol. The fourth-order valence-corrected chi connectivity index (χ4v) is 6.73. The number of hydrogen-bond donors (Lipinski definition) is 0. The van der Waals surface area contributed by atoms with Crippen molar-refractivity contribution in [2.24, 2.45) is 0 Å². The summed E-state index contributed by atoms with van der Waals surface area (Å²) in [5, 5.41) is 3.71. The molecule has 0 aliphatic carbocycles. The van der Waals surface area contributed by atoms with E-state index in [2.05, 4.69) is 0 Å². The normalized spacial score (nSPS) is 11.3. The molecule has 0 atom stereocenters. The summed E-state index contributed by atoms with van der Waals surface area (Å²) in [6.45, 7) is 1.38. The second-order valence-corrected chi connectivity index (χ2v) is 11.1. The van der Waals surface area contributed by atoms with E-state index in [1.807, 2.05) is 97.1 Å². The molecule has 0 N–H and O–H groups in total. The monoisotopic (exact) mass is 544 g/mol. The lowest BCUT2D eigenvalue weighted by Gasteiger charge is -2.23. The minimum absolute atomic E-state index is 0.405. The number of ether oxygens (including phenoxy) is 1. The van der Waals surface area contributed by atoms with Gasteiger partial charge in [0.05, 0.1) is 5.30 Å². The number of esters is 1. The summed E-state index contributed by atoms with van der Waals surface area (Å²) in [6, 6.07) is 41.1. The van der Waals surface area contributed by atoms with Crippen LogP contribution in [0.25, 0.3) is 32.7 Å². The SMILES string of the molecule is CC(=O)Oc1cccc2cccc(-c3cccc4cccc(P(=O)(Oc5ccccc5)Oc5ccccc5)c34)c12. The predicted molar refractivity (Wildman–Crippen MR) is 160 cm³/mol. The molecule has 40 heavy (non-hydrogen) atoms. The van der Waals surface area contributed by atoms with Gasteiger partial charge < -0.3 is 13.8 Å². The van der Waals surface area contributed by atoms with Crippen molar-refractivity contribution < 1.29 is 23.1 Å². The zero-order valence-electron chi connectivity index (χ0n) is 21.7. The first-order valence-corrected chi connectivity index (χ1v) is 14.4. The van der Waals surface area contributed by atoms with Crippen LogP contribution < -0.4 is 19.1 Å². The highest BCUT2D eigenvalue weighted by Gasteiger charge is 2.34. The summed E-state index contributed by atoms with van der Waals surface area (Å²) in [4.78, 5) is 12.0. The third-order valence-electron chi connectivity index (χ3n) is 6.53. The van der Waals surface area contributed by atoms with Crippen LogP contribution in [0.4, 0.5) is 0 Å². The van der Waals surface area contributed by atoms with Gasteiger partial charge in [-0.25, -0.2) is 4.57 Å². The van der Waals surface area contributed by atoms with Gasteiger partial charge in [-0.1, -0.05) is 97.1 Å². The van der Waals surface area contributed by atoms with Crippen LogP contribution in [0, 0.1) is 0 Å². The van der Waals surface area contributed by atoms with Gasteiger partial charge in [-0.2, -0.15) is 0 Å². The summed E-state index contributed by atoms with van der Waals surface area (Å²) in [7, 11) is -3.99. The first kappa shape index (κ1) is 25.4. The van der Waals surface area contributed by atoms with E-state index in [4.69, 9.17) is 13.8 Å². The van der Waals surface area contributed by atoms with E-state index in [0.717, 1.165) is 32.7 Å². The summed E-state index contributed by atoms with van der Waals surface area (Å²) < 4.78 is 33.0. The fraction of sp³-hybridized carbons (Fsp3) is 0.0294. The molecule has 0 saturated carbocycles. The summed E-state index contributed by atoms with van der Waals surface area (Å²) in [6.07, 6.45) is 0. The van der Waals surface area contributed by atoms with Crippen molar-refractivity contribution in [2.75, 3.05) is 0 Å². The lowest BCUT2D eigenvalue weighted by atomic mass is 9.93. The zero-order valence-corrected chi connectivity index (χ0v) is 22.6. The maximum atomic E-state index is 14.9. The van der Waals surface area contributed by atoms with Crippen molar-refractivity contribution in [3.8, 4) is 28.4 Å². The first-order chi connectivity index (χ1) is 19.5. The molecule has 0 aromatic heterocycles. The topological polar surface area (TPSA) is 61.8 Å². The van der Waals surface area contributed by atoms with Crippen LogP contribution in [0.3, 0.4) is 0 Å². The minimum atomic E-state index is -3.99. The highest BCUT2D eigenvalue weighted by atomic mass is 31.2. The number of rotatable bonds is 7. The van der Waals surface area contributed by atoms with Crippen LogP contribution in [-0.2, 0) is 9.36 Å². The number of carbonyl (C=O) groups is 1. The lowest BCUT2D eigenvalue weighted by Crippen LogP contribution is -2.16. The van der Waals surface area contributed by atoms with Gasteiger partial charge in [0.25, 0.3) is 0 Å². The molecule has 0 aliphatic heterocycles. The van der Waals surface area contributed by atoms with Gasteiger partial charge in [-0.15, -0.1) is 0 Å². The smallest absolute Gasteiger partial charge is 0.426 e. The Balaban J connectivity index is 1.63. The van der Waals surface area contributed by atoms with E-state index in [9.17, 15) is 9.36 Å². The van der Waals surface area contributed by atoms with Gasteiger partial charge in [-0.3, -0.25) is 4.79 Å². The van der Waals surface area contributed by atoms with E-state index in [0.29, 0.717) is 22.6 Å². The molecule has 0 radical (unpaired) electrons.